The zero-order valence-corrected chi connectivity index (χ0v) is 35.9. The van der Waals surface area contributed by atoms with Gasteiger partial charge in [-0.25, -0.2) is 9.59 Å². The second kappa shape index (κ2) is 20.6. The van der Waals surface area contributed by atoms with E-state index in [9.17, 15) is 33.6 Å². The molecule has 56 heavy (non-hydrogen) atoms. The molecule has 2 aliphatic rings. The number of benzene rings is 1. The minimum Gasteiger partial charge on any atom is -0.458 e. The number of ketones is 1. The Kier molecular flexibility index (Phi) is 17.1. The lowest BCUT2D eigenvalue weighted by Crippen LogP contribution is -2.59. The van der Waals surface area contributed by atoms with E-state index in [1.165, 1.54) is 4.90 Å². The molecule has 2 fully saturated rings. The van der Waals surface area contributed by atoms with E-state index in [2.05, 4.69) is 21.3 Å². The lowest BCUT2D eigenvalue weighted by Gasteiger charge is -2.36. The molecule has 1 spiro atoms. The topological polar surface area (TPSA) is 189 Å². The van der Waals surface area contributed by atoms with Crippen LogP contribution < -0.4 is 21.3 Å². The minimum absolute atomic E-state index is 0.0927. The number of rotatable bonds is 16. The lowest BCUT2D eigenvalue weighted by atomic mass is 9.85. The highest BCUT2D eigenvalue weighted by Crippen LogP contribution is 2.50. The number of esters is 1. The maximum Gasteiger partial charge on any atom is 0.407 e. The zero-order chi connectivity index (χ0) is 41.8. The van der Waals surface area contributed by atoms with Gasteiger partial charge in [0, 0.05) is 13.0 Å². The summed E-state index contributed by atoms with van der Waals surface area (Å²) in [4.78, 5) is 95.8. The minimum atomic E-state index is -1.23. The number of alkyl carbamates (subject to hydrolysis) is 1. The van der Waals surface area contributed by atoms with E-state index in [0.29, 0.717) is 24.8 Å². The fraction of sp³-hybridized carbons (Fsp3) is 0.675. The molecule has 0 aromatic heterocycles. The zero-order valence-electron chi connectivity index (χ0n) is 34.3. The van der Waals surface area contributed by atoms with Gasteiger partial charge in [0.2, 0.25) is 23.5 Å². The van der Waals surface area contributed by atoms with E-state index in [0.717, 1.165) is 17.9 Å². The average molecular weight is 820 g/mol. The Morgan fingerprint density at radius 2 is 1.57 bits per heavy atom. The van der Waals surface area contributed by atoms with Crippen LogP contribution in [0.15, 0.2) is 30.3 Å². The van der Waals surface area contributed by atoms with E-state index in [1.807, 2.05) is 41.5 Å². The Balaban J connectivity index is 1.78. The highest BCUT2D eigenvalue weighted by Gasteiger charge is 2.53. The van der Waals surface area contributed by atoms with Crippen molar-refractivity contribution < 1.29 is 43.0 Å². The number of carbonyl (C=O) groups is 7. The van der Waals surface area contributed by atoms with Crippen molar-refractivity contribution in [3.05, 3.63) is 35.9 Å². The summed E-state index contributed by atoms with van der Waals surface area (Å²) >= 11 is 3.40. The molecule has 2 aliphatic heterocycles. The van der Waals surface area contributed by atoms with Gasteiger partial charge in [0.25, 0.3) is 5.91 Å². The molecule has 2 saturated heterocycles. The van der Waals surface area contributed by atoms with Crippen LogP contribution >= 0.6 is 23.5 Å². The summed E-state index contributed by atoms with van der Waals surface area (Å²) in [6.45, 7) is 16.1. The molecule has 4 unspecified atom stereocenters. The van der Waals surface area contributed by atoms with Gasteiger partial charge in [-0.05, 0) is 62.0 Å². The number of carbonyl (C=O) groups excluding carboxylic acids is 7. The van der Waals surface area contributed by atoms with Crippen molar-refractivity contribution in [2.24, 2.45) is 11.3 Å². The van der Waals surface area contributed by atoms with Gasteiger partial charge in [-0.3, -0.25) is 24.0 Å². The molecule has 0 saturated carbocycles. The molecular weight excluding hydrogens is 759 g/mol. The smallest absolute Gasteiger partial charge is 0.407 e. The number of nitrogens with zero attached hydrogens (tertiary/aromatic N) is 1. The second-order valence-corrected chi connectivity index (χ2v) is 20.0. The van der Waals surface area contributed by atoms with Crippen LogP contribution in [0, 0.1) is 11.3 Å². The molecule has 312 valence electrons. The van der Waals surface area contributed by atoms with Gasteiger partial charge in [0.05, 0.1) is 23.3 Å². The number of ether oxygens (including phenoxy) is 2. The van der Waals surface area contributed by atoms with Crippen molar-refractivity contribution in [1.29, 1.82) is 0 Å². The maximum absolute atomic E-state index is 14.4. The first-order valence-corrected chi connectivity index (χ1v) is 21.3. The quantitative estimate of drug-likeness (QED) is 0.136. The van der Waals surface area contributed by atoms with E-state index >= 15 is 0 Å². The summed E-state index contributed by atoms with van der Waals surface area (Å²) < 4.78 is 10.4. The third kappa shape index (κ3) is 14.0. The number of unbranched alkanes of at least 4 members (excludes halogenated alkanes) is 1. The highest BCUT2D eigenvalue weighted by molar-refractivity contribution is 8.18. The fourth-order valence-corrected chi connectivity index (χ4v) is 9.54. The summed E-state index contributed by atoms with van der Waals surface area (Å²) in [5.41, 5.74) is -1.09. The molecular formula is C40H61N5O9S2. The number of amides is 5. The predicted octanol–water partition coefficient (Wildman–Crippen LogP) is 4.51. The third-order valence-corrected chi connectivity index (χ3v) is 12.3. The van der Waals surface area contributed by atoms with Crippen LogP contribution in [0.3, 0.4) is 0 Å². The van der Waals surface area contributed by atoms with Crippen molar-refractivity contribution in [3.63, 3.8) is 0 Å². The number of Topliss-reactive ketones (excluding diaryl/α,β-unsaturated/α-hetero) is 1. The average Bonchev–Trinajstić information content (AvgIpc) is 3.49. The van der Waals surface area contributed by atoms with Gasteiger partial charge in [-0.1, -0.05) is 84.7 Å². The fourth-order valence-electron chi connectivity index (χ4n) is 6.19. The van der Waals surface area contributed by atoms with Crippen LogP contribution in [-0.2, 0) is 38.2 Å². The molecule has 0 bridgehead atoms. The summed E-state index contributed by atoms with van der Waals surface area (Å²) in [5, 5.41) is 10.4. The van der Waals surface area contributed by atoms with Gasteiger partial charge in [0.1, 0.15) is 17.7 Å². The summed E-state index contributed by atoms with van der Waals surface area (Å²) in [5.74, 6) is -2.66. The van der Waals surface area contributed by atoms with Crippen LogP contribution in [0.2, 0.25) is 0 Å². The third-order valence-electron chi connectivity index (χ3n) is 9.01. The molecule has 0 aliphatic carbocycles. The Labute approximate surface area is 339 Å². The molecule has 4 atom stereocenters. The largest absolute Gasteiger partial charge is 0.458 e. The summed E-state index contributed by atoms with van der Waals surface area (Å²) in [6, 6.07) is 4.12. The predicted molar refractivity (Wildman–Crippen MR) is 218 cm³/mol. The first kappa shape index (κ1) is 46.6. The Morgan fingerprint density at radius 1 is 0.929 bits per heavy atom. The van der Waals surface area contributed by atoms with Crippen molar-refractivity contribution in [1.82, 2.24) is 26.2 Å². The monoisotopic (exact) mass is 819 g/mol. The molecule has 4 N–H and O–H groups in total. The SMILES string of the molecule is CCCCC(NC(=O)C1CC2(CN1C(=O)C(NC(=O)OCC(C)C)C(C)(C)C)SCCCS2)C(=O)C(=O)NCC(=O)NC(C(=O)OC(C)(C)C)c1ccccc1. The Morgan fingerprint density at radius 3 is 2.14 bits per heavy atom. The number of likely N-dealkylation sites (tertiary alicyclic amines) is 1. The normalized spacial score (nSPS) is 18.3. The molecule has 16 heteroatoms. The van der Waals surface area contributed by atoms with E-state index in [-0.39, 0.29) is 25.5 Å². The van der Waals surface area contributed by atoms with Crippen molar-refractivity contribution in [2.45, 2.75) is 128 Å². The molecule has 3 rings (SSSR count). The van der Waals surface area contributed by atoms with Gasteiger partial charge >= 0.3 is 12.1 Å². The lowest BCUT2D eigenvalue weighted by molar-refractivity contribution is -0.158. The van der Waals surface area contributed by atoms with Gasteiger partial charge in [-0.2, -0.15) is 0 Å². The van der Waals surface area contributed by atoms with Crippen LogP contribution in [0.4, 0.5) is 4.79 Å². The van der Waals surface area contributed by atoms with Crippen LogP contribution in [0.25, 0.3) is 0 Å². The van der Waals surface area contributed by atoms with Crippen molar-refractivity contribution >= 4 is 65.0 Å². The van der Waals surface area contributed by atoms with E-state index < -0.39 is 87.3 Å². The molecule has 0 radical (unpaired) electrons. The van der Waals surface area contributed by atoms with Crippen molar-refractivity contribution in [2.75, 3.05) is 31.2 Å². The standard InChI is InChI=1S/C40H61N5O9S2/c1-10-11-18-27(31(47)34(49)41-22-29(46)43-30(26-16-13-12-14-17-26)36(51)54-39(7,8)9)42-33(48)28-21-40(55-19-15-20-56-40)24-45(28)35(50)32(38(4,5)6)44-37(52)53-23-25(2)3/h12-14,16-17,25,27-28,30,32H,10-11,15,18-24H2,1-9H3,(H,41,49)(H,42,48)(H,43,46)(H,44,52). The number of nitrogens with one attached hydrogen (secondary N) is 4. The van der Waals surface area contributed by atoms with Gasteiger partial charge in [-0.15, -0.1) is 23.5 Å². The molecule has 2 heterocycles. The molecule has 1 aromatic carbocycles. The second-order valence-electron chi connectivity index (χ2n) is 16.8. The number of thioether (sulfide) groups is 2. The first-order chi connectivity index (χ1) is 26.2. The van der Waals surface area contributed by atoms with Gasteiger partial charge in [0.15, 0.2) is 6.04 Å². The van der Waals surface area contributed by atoms with Crippen LogP contribution in [-0.4, -0.2) is 105 Å². The van der Waals surface area contributed by atoms with E-state index in [4.69, 9.17) is 9.47 Å². The highest BCUT2D eigenvalue weighted by atomic mass is 32.2. The first-order valence-electron chi connectivity index (χ1n) is 19.4. The van der Waals surface area contributed by atoms with Crippen LogP contribution in [0.5, 0.6) is 0 Å². The summed E-state index contributed by atoms with van der Waals surface area (Å²) in [7, 11) is 0. The maximum atomic E-state index is 14.4. The van der Waals surface area contributed by atoms with E-state index in [1.54, 1.807) is 74.6 Å². The Bertz CT molecular complexity index is 1550. The molecule has 14 nitrogen and oxygen atoms in total. The van der Waals surface area contributed by atoms with Crippen LogP contribution in [0.1, 0.15) is 106 Å². The Hall–Kier alpha value is -3.79. The molecule has 1 aromatic rings. The van der Waals surface area contributed by atoms with Crippen molar-refractivity contribution in [3.8, 4) is 0 Å². The number of hydrogen-bond donors (Lipinski definition) is 4. The molecule has 5 amide bonds. The summed E-state index contributed by atoms with van der Waals surface area (Å²) in [6.07, 6.45) is 1.91. The van der Waals surface area contributed by atoms with Gasteiger partial charge < -0.3 is 35.6 Å². The number of hydrogen-bond acceptors (Lipinski definition) is 11.